The fraction of sp³-hybridized carbons (Fsp3) is 0.846. The molecule has 0 spiro atoms. The molecule has 0 saturated carbocycles. The van der Waals surface area contributed by atoms with Crippen LogP contribution in [0.2, 0.25) is 0 Å². The Kier molecular flexibility index (Phi) is 5.65. The number of carbonyl (C=O) groups is 2. The first-order valence-electron chi connectivity index (χ1n) is 7.12. The van der Waals surface area contributed by atoms with Crippen LogP contribution >= 0.6 is 12.4 Å². The summed E-state index contributed by atoms with van der Waals surface area (Å²) >= 11 is 0. The summed E-state index contributed by atoms with van der Waals surface area (Å²) in [7, 11) is 0. The molecule has 0 aliphatic carbocycles. The molecular formula is C13H25ClN4O2. The Morgan fingerprint density at radius 2 is 2.05 bits per heavy atom. The fourth-order valence-electron chi connectivity index (χ4n) is 3.05. The zero-order valence-corrected chi connectivity index (χ0v) is 13.0. The minimum Gasteiger partial charge on any atom is -0.338 e. The SMILES string of the molecule is CCC(CC)(CN)C(=O)N1CCN2C(=O)NCC2C1.Cl. The average Bonchev–Trinajstić information content (AvgIpc) is 2.82. The summed E-state index contributed by atoms with van der Waals surface area (Å²) in [5.41, 5.74) is 5.41. The molecule has 0 aromatic rings. The van der Waals surface area contributed by atoms with Crippen LogP contribution in [0.15, 0.2) is 0 Å². The fourth-order valence-corrected chi connectivity index (χ4v) is 3.05. The molecule has 0 aromatic heterocycles. The third kappa shape index (κ3) is 2.72. The quantitative estimate of drug-likeness (QED) is 0.789. The third-order valence-electron chi connectivity index (χ3n) is 4.72. The van der Waals surface area contributed by atoms with Crippen LogP contribution in [0.1, 0.15) is 26.7 Å². The van der Waals surface area contributed by atoms with Crippen LogP contribution in [-0.4, -0.2) is 60.5 Å². The van der Waals surface area contributed by atoms with Crippen molar-refractivity contribution < 1.29 is 9.59 Å². The summed E-state index contributed by atoms with van der Waals surface area (Å²) < 4.78 is 0. The van der Waals surface area contributed by atoms with Gasteiger partial charge in [0.2, 0.25) is 5.91 Å². The van der Waals surface area contributed by atoms with E-state index in [9.17, 15) is 9.59 Å². The Bertz CT molecular complexity index is 365. The molecule has 0 bridgehead atoms. The summed E-state index contributed by atoms with van der Waals surface area (Å²) in [5, 5.41) is 2.83. The van der Waals surface area contributed by atoms with Crippen molar-refractivity contribution in [1.29, 1.82) is 0 Å². The number of nitrogens with zero attached hydrogens (tertiary/aromatic N) is 2. The van der Waals surface area contributed by atoms with Crippen LogP contribution in [0.3, 0.4) is 0 Å². The molecule has 20 heavy (non-hydrogen) atoms. The van der Waals surface area contributed by atoms with E-state index < -0.39 is 5.41 Å². The Morgan fingerprint density at radius 3 is 2.60 bits per heavy atom. The average molecular weight is 305 g/mol. The number of piperazine rings is 1. The van der Waals surface area contributed by atoms with Crippen LogP contribution in [0, 0.1) is 5.41 Å². The maximum atomic E-state index is 12.7. The number of carbonyl (C=O) groups excluding carboxylic acids is 2. The van der Waals surface area contributed by atoms with Crippen molar-refractivity contribution in [2.75, 3.05) is 32.7 Å². The zero-order valence-electron chi connectivity index (χ0n) is 12.2. The molecule has 2 aliphatic heterocycles. The second kappa shape index (κ2) is 6.63. The molecule has 7 heteroatoms. The second-order valence-corrected chi connectivity index (χ2v) is 5.48. The van der Waals surface area contributed by atoms with Crippen molar-refractivity contribution in [1.82, 2.24) is 15.1 Å². The molecule has 2 heterocycles. The molecule has 1 atom stereocenters. The van der Waals surface area contributed by atoms with Gasteiger partial charge in [0.05, 0.1) is 11.5 Å². The normalized spacial score (nSPS) is 22.1. The minimum atomic E-state index is -0.432. The number of hydrogen-bond acceptors (Lipinski definition) is 3. The van der Waals surface area contributed by atoms with Gasteiger partial charge in [-0.2, -0.15) is 0 Å². The number of halogens is 1. The molecule has 116 valence electrons. The van der Waals surface area contributed by atoms with Crippen LogP contribution < -0.4 is 11.1 Å². The highest BCUT2D eigenvalue weighted by molar-refractivity contribution is 5.85. The van der Waals surface area contributed by atoms with Crippen LogP contribution in [-0.2, 0) is 4.79 Å². The highest BCUT2D eigenvalue weighted by atomic mass is 35.5. The highest BCUT2D eigenvalue weighted by Crippen LogP contribution is 2.29. The molecule has 2 rings (SSSR count). The molecular weight excluding hydrogens is 280 g/mol. The lowest BCUT2D eigenvalue weighted by Gasteiger charge is -2.41. The van der Waals surface area contributed by atoms with Crippen LogP contribution in [0.4, 0.5) is 4.79 Å². The Hall–Kier alpha value is -1.01. The van der Waals surface area contributed by atoms with E-state index in [2.05, 4.69) is 5.32 Å². The van der Waals surface area contributed by atoms with E-state index in [1.807, 2.05) is 23.6 Å². The molecule has 1 unspecified atom stereocenters. The molecule has 2 saturated heterocycles. The van der Waals surface area contributed by atoms with Gasteiger partial charge in [0, 0.05) is 32.7 Å². The second-order valence-electron chi connectivity index (χ2n) is 5.48. The lowest BCUT2D eigenvalue weighted by molar-refractivity contribution is -0.144. The maximum Gasteiger partial charge on any atom is 0.317 e. The summed E-state index contributed by atoms with van der Waals surface area (Å²) in [5.74, 6) is 0.152. The minimum absolute atomic E-state index is 0. The van der Waals surface area contributed by atoms with E-state index in [0.717, 1.165) is 12.8 Å². The number of rotatable bonds is 4. The molecule has 3 amide bonds. The lowest BCUT2D eigenvalue weighted by atomic mass is 9.80. The van der Waals surface area contributed by atoms with E-state index in [-0.39, 0.29) is 30.4 Å². The van der Waals surface area contributed by atoms with Gasteiger partial charge in [0.1, 0.15) is 0 Å². The maximum absolute atomic E-state index is 12.7. The van der Waals surface area contributed by atoms with Gasteiger partial charge in [0.15, 0.2) is 0 Å². The summed E-state index contributed by atoms with van der Waals surface area (Å²) in [6.45, 7) is 6.92. The predicted molar refractivity (Wildman–Crippen MR) is 79.8 cm³/mol. The van der Waals surface area contributed by atoms with Gasteiger partial charge in [-0.1, -0.05) is 13.8 Å². The van der Waals surface area contributed by atoms with Gasteiger partial charge in [-0.25, -0.2) is 4.79 Å². The summed E-state index contributed by atoms with van der Waals surface area (Å²) in [6, 6.07) is 0.113. The summed E-state index contributed by atoms with van der Waals surface area (Å²) in [4.78, 5) is 28.0. The van der Waals surface area contributed by atoms with E-state index in [1.165, 1.54) is 0 Å². The largest absolute Gasteiger partial charge is 0.338 e. The number of urea groups is 1. The number of nitrogens with two attached hydrogens (primary N) is 1. The number of hydrogen-bond donors (Lipinski definition) is 2. The van der Waals surface area contributed by atoms with Crippen molar-refractivity contribution >= 4 is 24.3 Å². The Balaban J connectivity index is 0.00000200. The summed E-state index contributed by atoms with van der Waals surface area (Å²) in [6.07, 6.45) is 1.53. The molecule has 0 aromatic carbocycles. The molecule has 3 N–H and O–H groups in total. The monoisotopic (exact) mass is 304 g/mol. The first-order valence-corrected chi connectivity index (χ1v) is 7.12. The van der Waals surface area contributed by atoms with Gasteiger partial charge in [-0.05, 0) is 12.8 Å². The van der Waals surface area contributed by atoms with Gasteiger partial charge in [-0.3, -0.25) is 4.79 Å². The number of fused-ring (bicyclic) bond motifs is 1. The smallest absolute Gasteiger partial charge is 0.317 e. The van der Waals surface area contributed by atoms with Gasteiger partial charge in [-0.15, -0.1) is 12.4 Å². The van der Waals surface area contributed by atoms with Crippen molar-refractivity contribution in [3.63, 3.8) is 0 Å². The topological polar surface area (TPSA) is 78.7 Å². The molecule has 6 nitrogen and oxygen atoms in total. The van der Waals surface area contributed by atoms with Gasteiger partial charge < -0.3 is 20.9 Å². The van der Waals surface area contributed by atoms with Gasteiger partial charge >= 0.3 is 6.03 Å². The van der Waals surface area contributed by atoms with Crippen LogP contribution in [0.25, 0.3) is 0 Å². The first-order chi connectivity index (χ1) is 9.07. The zero-order chi connectivity index (χ0) is 14.0. The standard InChI is InChI=1S/C13H24N4O2.ClH/c1-3-13(4-2,9-14)11(18)16-5-6-17-10(8-16)7-15-12(17)19;/h10H,3-9,14H2,1-2H3,(H,15,19);1H. The van der Waals surface area contributed by atoms with Crippen molar-refractivity contribution in [2.45, 2.75) is 32.7 Å². The van der Waals surface area contributed by atoms with Crippen LogP contribution in [0.5, 0.6) is 0 Å². The first kappa shape index (κ1) is 17.0. The molecule has 2 aliphatic rings. The lowest BCUT2D eigenvalue weighted by Crippen LogP contribution is -2.58. The van der Waals surface area contributed by atoms with E-state index in [0.29, 0.717) is 32.7 Å². The molecule has 0 radical (unpaired) electrons. The van der Waals surface area contributed by atoms with Crippen molar-refractivity contribution in [3.8, 4) is 0 Å². The van der Waals surface area contributed by atoms with E-state index in [4.69, 9.17) is 5.73 Å². The number of amides is 3. The van der Waals surface area contributed by atoms with E-state index in [1.54, 1.807) is 0 Å². The molecule has 2 fully saturated rings. The Labute approximate surface area is 126 Å². The number of nitrogens with one attached hydrogen (secondary N) is 1. The van der Waals surface area contributed by atoms with E-state index >= 15 is 0 Å². The third-order valence-corrected chi connectivity index (χ3v) is 4.72. The van der Waals surface area contributed by atoms with Gasteiger partial charge in [0.25, 0.3) is 0 Å². The Morgan fingerprint density at radius 1 is 1.40 bits per heavy atom. The highest BCUT2D eigenvalue weighted by Gasteiger charge is 2.42. The predicted octanol–water partition coefficient (Wildman–Crippen LogP) is 0.409. The van der Waals surface area contributed by atoms with Crippen molar-refractivity contribution in [2.24, 2.45) is 11.1 Å². The van der Waals surface area contributed by atoms with Crippen molar-refractivity contribution in [3.05, 3.63) is 0 Å².